The summed E-state index contributed by atoms with van der Waals surface area (Å²) in [5.74, 6) is 0.649. The molecule has 21 heavy (non-hydrogen) atoms. The molecule has 1 atom stereocenters. The molecule has 0 aromatic carbocycles. The molecule has 1 aliphatic heterocycles. The number of hydrogen-bond acceptors (Lipinski definition) is 5. The zero-order chi connectivity index (χ0) is 15.2. The number of carbonyl (C=O) groups is 1. The van der Waals surface area contributed by atoms with E-state index >= 15 is 0 Å². The zero-order valence-corrected chi connectivity index (χ0v) is 13.7. The van der Waals surface area contributed by atoms with Crippen molar-refractivity contribution in [1.29, 1.82) is 0 Å². The molecule has 1 saturated heterocycles. The van der Waals surface area contributed by atoms with Gasteiger partial charge in [0.15, 0.2) is 0 Å². The number of carbonyl (C=O) groups excluding carboxylic acids is 1. The Morgan fingerprint density at radius 3 is 2.90 bits per heavy atom. The fourth-order valence-electron chi connectivity index (χ4n) is 2.48. The first-order chi connectivity index (χ1) is 10.1. The van der Waals surface area contributed by atoms with Crippen LogP contribution in [0, 0.1) is 5.92 Å². The first-order valence-electron chi connectivity index (χ1n) is 7.71. The highest BCUT2D eigenvalue weighted by molar-refractivity contribution is 7.13. The average Bonchev–Trinajstić information content (AvgIpc) is 2.96. The van der Waals surface area contributed by atoms with Gasteiger partial charge >= 0.3 is 0 Å². The molecule has 2 N–H and O–H groups in total. The number of β-amino-alcohol motifs (C(OH)–C–C–N with tert-alkyl or cyclic N) is 1. The van der Waals surface area contributed by atoms with Gasteiger partial charge in [0.25, 0.3) is 5.91 Å². The summed E-state index contributed by atoms with van der Waals surface area (Å²) in [5.41, 5.74) is 0. The third kappa shape index (κ3) is 5.05. The van der Waals surface area contributed by atoms with Crippen LogP contribution in [0.2, 0.25) is 0 Å². The van der Waals surface area contributed by atoms with Gasteiger partial charge in [-0.2, -0.15) is 0 Å². The summed E-state index contributed by atoms with van der Waals surface area (Å²) in [5, 5.41) is 13.8. The second-order valence-electron chi connectivity index (χ2n) is 5.82. The lowest BCUT2D eigenvalue weighted by molar-refractivity contribution is 0.0797. The zero-order valence-electron chi connectivity index (χ0n) is 12.8. The van der Waals surface area contributed by atoms with Gasteiger partial charge in [-0.25, -0.2) is 4.98 Å². The number of aromatic nitrogens is 1. The number of aliphatic hydroxyl groups excluding tert-OH is 1. The number of rotatable bonds is 6. The molecule has 5 nitrogen and oxygen atoms in total. The standard InChI is InChI=1S/C15H25N3O2S/c1-3-14-16-9-13(21-14)15(20)17-8-12(19)10-18-6-4-11(2)5-7-18/h9,11-12,19H,3-8,10H2,1-2H3,(H,17,20). The van der Waals surface area contributed by atoms with E-state index in [1.807, 2.05) is 6.92 Å². The molecule has 1 aliphatic rings. The number of aryl methyl sites for hydroxylation is 1. The van der Waals surface area contributed by atoms with Crippen LogP contribution in [0.25, 0.3) is 0 Å². The van der Waals surface area contributed by atoms with E-state index in [1.54, 1.807) is 6.20 Å². The maximum atomic E-state index is 11.9. The molecule has 6 heteroatoms. The molecule has 1 fully saturated rings. The lowest BCUT2D eigenvalue weighted by atomic mass is 9.99. The monoisotopic (exact) mass is 311 g/mol. The highest BCUT2D eigenvalue weighted by atomic mass is 32.1. The summed E-state index contributed by atoms with van der Waals surface area (Å²) < 4.78 is 0. The lowest BCUT2D eigenvalue weighted by Crippen LogP contribution is -2.42. The van der Waals surface area contributed by atoms with Crippen molar-refractivity contribution >= 4 is 17.2 Å². The molecule has 0 aliphatic carbocycles. The first kappa shape index (κ1) is 16.4. The van der Waals surface area contributed by atoms with Crippen molar-refractivity contribution in [3.8, 4) is 0 Å². The minimum Gasteiger partial charge on any atom is -0.390 e. The molecule has 1 aromatic heterocycles. The molecule has 0 radical (unpaired) electrons. The molecule has 1 amide bonds. The first-order valence-corrected chi connectivity index (χ1v) is 8.53. The molecule has 0 spiro atoms. The summed E-state index contributed by atoms with van der Waals surface area (Å²) in [4.78, 5) is 19.0. The Labute approximate surface area is 130 Å². The number of amides is 1. The third-order valence-corrected chi connectivity index (χ3v) is 5.06. The number of aliphatic hydroxyl groups is 1. The van der Waals surface area contributed by atoms with E-state index in [2.05, 4.69) is 22.1 Å². The Morgan fingerprint density at radius 2 is 2.29 bits per heavy atom. The van der Waals surface area contributed by atoms with E-state index in [0.29, 0.717) is 18.0 Å². The van der Waals surface area contributed by atoms with Gasteiger partial charge in [-0.15, -0.1) is 11.3 Å². The minimum atomic E-state index is -0.513. The molecular formula is C15H25N3O2S. The number of piperidine rings is 1. The molecule has 1 aromatic rings. The van der Waals surface area contributed by atoms with Gasteiger partial charge in [0, 0.05) is 13.1 Å². The van der Waals surface area contributed by atoms with Crippen LogP contribution in [-0.2, 0) is 6.42 Å². The van der Waals surface area contributed by atoms with E-state index in [1.165, 1.54) is 24.2 Å². The van der Waals surface area contributed by atoms with Gasteiger partial charge < -0.3 is 15.3 Å². The van der Waals surface area contributed by atoms with Crippen LogP contribution in [0.4, 0.5) is 0 Å². The van der Waals surface area contributed by atoms with Crippen molar-refractivity contribution in [2.75, 3.05) is 26.2 Å². The van der Waals surface area contributed by atoms with Crippen molar-refractivity contribution in [3.05, 3.63) is 16.1 Å². The van der Waals surface area contributed by atoms with Crippen LogP contribution in [0.1, 0.15) is 41.4 Å². The fourth-order valence-corrected chi connectivity index (χ4v) is 3.26. The van der Waals surface area contributed by atoms with Gasteiger partial charge in [0.05, 0.1) is 17.3 Å². The number of nitrogens with one attached hydrogen (secondary N) is 1. The highest BCUT2D eigenvalue weighted by Gasteiger charge is 2.19. The van der Waals surface area contributed by atoms with E-state index in [4.69, 9.17) is 0 Å². The Balaban J connectivity index is 1.70. The van der Waals surface area contributed by atoms with Crippen LogP contribution in [0.5, 0.6) is 0 Å². The third-order valence-electron chi connectivity index (χ3n) is 3.92. The maximum absolute atomic E-state index is 11.9. The number of hydrogen-bond donors (Lipinski definition) is 2. The van der Waals surface area contributed by atoms with Crippen LogP contribution >= 0.6 is 11.3 Å². The maximum Gasteiger partial charge on any atom is 0.263 e. The van der Waals surface area contributed by atoms with Gasteiger partial charge in [0.2, 0.25) is 0 Å². The predicted molar refractivity (Wildman–Crippen MR) is 84.7 cm³/mol. The molecule has 1 unspecified atom stereocenters. The van der Waals surface area contributed by atoms with E-state index in [9.17, 15) is 9.90 Å². The van der Waals surface area contributed by atoms with E-state index in [-0.39, 0.29) is 5.91 Å². The number of thiazole rings is 1. The molecule has 0 bridgehead atoms. The molecule has 2 heterocycles. The highest BCUT2D eigenvalue weighted by Crippen LogP contribution is 2.16. The lowest BCUT2D eigenvalue weighted by Gasteiger charge is -2.31. The average molecular weight is 311 g/mol. The molecular weight excluding hydrogens is 286 g/mol. The SMILES string of the molecule is CCc1ncc(C(=O)NCC(O)CN2CCC(C)CC2)s1. The second kappa shape index (κ2) is 7.87. The number of likely N-dealkylation sites (tertiary alicyclic amines) is 1. The topological polar surface area (TPSA) is 65.5 Å². The van der Waals surface area contributed by atoms with Crippen molar-refractivity contribution in [3.63, 3.8) is 0 Å². The fraction of sp³-hybridized carbons (Fsp3) is 0.733. The van der Waals surface area contributed by atoms with Crippen molar-refractivity contribution in [2.24, 2.45) is 5.92 Å². The largest absolute Gasteiger partial charge is 0.390 e. The van der Waals surface area contributed by atoms with Crippen LogP contribution in [0.15, 0.2) is 6.20 Å². The Morgan fingerprint density at radius 1 is 1.57 bits per heavy atom. The number of nitrogens with zero attached hydrogens (tertiary/aromatic N) is 2. The van der Waals surface area contributed by atoms with Gasteiger partial charge in [-0.1, -0.05) is 13.8 Å². The summed E-state index contributed by atoms with van der Waals surface area (Å²) in [6.07, 6.45) is 4.32. The Bertz CT molecular complexity index is 456. The summed E-state index contributed by atoms with van der Waals surface area (Å²) in [7, 11) is 0. The van der Waals surface area contributed by atoms with Crippen LogP contribution in [-0.4, -0.2) is 53.2 Å². The van der Waals surface area contributed by atoms with Crippen LogP contribution in [0.3, 0.4) is 0 Å². The summed E-state index contributed by atoms with van der Waals surface area (Å²) in [6, 6.07) is 0. The van der Waals surface area contributed by atoms with Crippen LogP contribution < -0.4 is 5.32 Å². The summed E-state index contributed by atoms with van der Waals surface area (Å²) >= 11 is 1.41. The summed E-state index contributed by atoms with van der Waals surface area (Å²) in [6.45, 7) is 7.30. The van der Waals surface area contributed by atoms with Gasteiger partial charge in [-0.05, 0) is 38.3 Å². The van der Waals surface area contributed by atoms with Crippen molar-refractivity contribution in [1.82, 2.24) is 15.2 Å². The van der Waals surface area contributed by atoms with Gasteiger partial charge in [-0.3, -0.25) is 4.79 Å². The molecule has 118 valence electrons. The van der Waals surface area contributed by atoms with Crippen molar-refractivity contribution < 1.29 is 9.90 Å². The Hall–Kier alpha value is -0.980. The van der Waals surface area contributed by atoms with E-state index < -0.39 is 6.10 Å². The molecule has 0 saturated carbocycles. The van der Waals surface area contributed by atoms with E-state index in [0.717, 1.165) is 30.4 Å². The smallest absolute Gasteiger partial charge is 0.263 e. The Kier molecular flexibility index (Phi) is 6.14. The second-order valence-corrected chi connectivity index (χ2v) is 6.93. The van der Waals surface area contributed by atoms with Crippen molar-refractivity contribution in [2.45, 2.75) is 39.2 Å². The normalized spacial score (nSPS) is 18.6. The predicted octanol–water partition coefficient (Wildman–Crippen LogP) is 1.53. The van der Waals surface area contributed by atoms with Gasteiger partial charge in [0.1, 0.15) is 4.88 Å². The molecule has 2 rings (SSSR count). The quantitative estimate of drug-likeness (QED) is 0.836. The minimum absolute atomic E-state index is 0.140.